The highest BCUT2D eigenvalue weighted by Crippen LogP contribution is 2.06. The molecule has 0 spiro atoms. The van der Waals surface area contributed by atoms with E-state index in [2.05, 4.69) is 20.8 Å². The second-order valence-corrected chi connectivity index (χ2v) is 5.89. The van der Waals surface area contributed by atoms with Crippen molar-refractivity contribution >= 4 is 17.7 Å². The van der Waals surface area contributed by atoms with Gasteiger partial charge in [-0.1, -0.05) is 11.6 Å². The fourth-order valence-electron chi connectivity index (χ4n) is 1.45. The number of carbonyl (C=O) groups excluding carboxylic acids is 1. The Hall–Kier alpha value is -1.44. The normalized spacial score (nSPS) is 12.8. The molecule has 1 unspecified atom stereocenters. The first kappa shape index (κ1) is 17.6. The number of carbonyl (C=O) groups is 1. The minimum Gasteiger partial charge on any atom is -0.444 e. The van der Waals surface area contributed by atoms with Gasteiger partial charge < -0.3 is 20.5 Å². The number of aliphatic hydroxyl groups is 1. The lowest BCUT2D eigenvalue weighted by molar-refractivity contribution is 0.0482. The summed E-state index contributed by atoms with van der Waals surface area (Å²) in [4.78, 5) is 11.6. The van der Waals surface area contributed by atoms with Crippen molar-refractivity contribution in [3.05, 3.63) is 23.0 Å². The van der Waals surface area contributed by atoms with Crippen molar-refractivity contribution in [1.29, 1.82) is 0 Å². The van der Waals surface area contributed by atoms with Gasteiger partial charge in [0.1, 0.15) is 5.60 Å². The maximum Gasteiger partial charge on any atom is 0.407 e. The Bertz CT molecular complexity index is 448. The van der Waals surface area contributed by atoms with Crippen LogP contribution in [0.15, 0.2) is 12.1 Å². The standard InChI is InChI=1S/C13H21ClN4O3/c1-13(2,3)21-12(20)16-10(8-19)7-15-6-9-4-5-11(14)18-17-9/h4-5,10,15,19H,6-8H2,1-3H3,(H,16,20). The highest BCUT2D eigenvalue weighted by atomic mass is 35.5. The summed E-state index contributed by atoms with van der Waals surface area (Å²) >= 11 is 5.64. The lowest BCUT2D eigenvalue weighted by atomic mass is 10.2. The van der Waals surface area contributed by atoms with E-state index >= 15 is 0 Å². The largest absolute Gasteiger partial charge is 0.444 e. The molecule has 1 heterocycles. The Morgan fingerprint density at radius 3 is 2.67 bits per heavy atom. The minimum absolute atomic E-state index is 0.196. The Labute approximate surface area is 129 Å². The van der Waals surface area contributed by atoms with Crippen LogP contribution in [0.4, 0.5) is 4.79 Å². The predicted octanol–water partition coefficient (Wildman–Crippen LogP) is 1.11. The highest BCUT2D eigenvalue weighted by Gasteiger charge is 2.18. The van der Waals surface area contributed by atoms with Gasteiger partial charge in [0.15, 0.2) is 5.15 Å². The number of alkyl carbamates (subject to hydrolysis) is 1. The third kappa shape index (κ3) is 7.79. The molecule has 1 amide bonds. The molecule has 0 radical (unpaired) electrons. The van der Waals surface area contributed by atoms with Crippen LogP contribution in [-0.2, 0) is 11.3 Å². The lowest BCUT2D eigenvalue weighted by Crippen LogP contribution is -2.46. The Kier molecular flexibility index (Phi) is 6.80. The van der Waals surface area contributed by atoms with Gasteiger partial charge in [-0.3, -0.25) is 0 Å². The Balaban J connectivity index is 2.34. The number of nitrogens with zero attached hydrogens (tertiary/aromatic N) is 2. The molecule has 7 nitrogen and oxygen atoms in total. The molecule has 1 rings (SSSR count). The summed E-state index contributed by atoms with van der Waals surface area (Å²) in [6.07, 6.45) is -0.561. The van der Waals surface area contributed by atoms with E-state index in [9.17, 15) is 9.90 Å². The summed E-state index contributed by atoms with van der Waals surface area (Å²) in [5, 5.41) is 22.8. The predicted molar refractivity (Wildman–Crippen MR) is 79.0 cm³/mol. The van der Waals surface area contributed by atoms with Crippen molar-refractivity contribution < 1.29 is 14.6 Å². The smallest absolute Gasteiger partial charge is 0.407 e. The molecule has 0 aliphatic carbocycles. The molecule has 1 aromatic rings. The number of ether oxygens (including phenoxy) is 1. The van der Waals surface area contributed by atoms with Crippen molar-refractivity contribution in [3.8, 4) is 0 Å². The van der Waals surface area contributed by atoms with Crippen LogP contribution in [0.3, 0.4) is 0 Å². The van der Waals surface area contributed by atoms with E-state index in [4.69, 9.17) is 16.3 Å². The number of rotatable bonds is 6. The topological polar surface area (TPSA) is 96.4 Å². The second-order valence-electron chi connectivity index (χ2n) is 5.50. The van der Waals surface area contributed by atoms with Crippen LogP contribution < -0.4 is 10.6 Å². The average Bonchev–Trinajstić information content (AvgIpc) is 2.37. The number of hydrogen-bond acceptors (Lipinski definition) is 6. The first-order valence-corrected chi connectivity index (χ1v) is 6.97. The van der Waals surface area contributed by atoms with Crippen LogP contribution >= 0.6 is 11.6 Å². The monoisotopic (exact) mass is 316 g/mol. The quantitative estimate of drug-likeness (QED) is 0.727. The van der Waals surface area contributed by atoms with Crippen LogP contribution in [0.25, 0.3) is 0 Å². The van der Waals surface area contributed by atoms with Crippen molar-refractivity contribution in [3.63, 3.8) is 0 Å². The maximum atomic E-state index is 11.6. The van der Waals surface area contributed by atoms with Crippen molar-refractivity contribution in [1.82, 2.24) is 20.8 Å². The van der Waals surface area contributed by atoms with Crippen LogP contribution in [-0.4, -0.2) is 46.2 Å². The Morgan fingerprint density at radius 1 is 1.43 bits per heavy atom. The third-order valence-electron chi connectivity index (χ3n) is 2.33. The second kappa shape index (κ2) is 8.11. The van der Waals surface area contributed by atoms with Crippen molar-refractivity contribution in [2.45, 2.75) is 39.0 Å². The van der Waals surface area contributed by atoms with Gasteiger partial charge in [-0.25, -0.2) is 4.79 Å². The number of amides is 1. The number of aliphatic hydroxyl groups excluding tert-OH is 1. The zero-order valence-corrected chi connectivity index (χ0v) is 13.1. The fraction of sp³-hybridized carbons (Fsp3) is 0.615. The summed E-state index contributed by atoms with van der Waals surface area (Å²) in [6.45, 7) is 5.96. The van der Waals surface area contributed by atoms with Crippen molar-refractivity contribution in [2.24, 2.45) is 0 Å². The molecule has 118 valence electrons. The zero-order valence-electron chi connectivity index (χ0n) is 12.4. The van der Waals surface area contributed by atoms with Crippen LogP contribution in [0.2, 0.25) is 5.15 Å². The van der Waals surface area contributed by atoms with Gasteiger partial charge in [0.2, 0.25) is 0 Å². The zero-order chi connectivity index (χ0) is 15.9. The van der Waals surface area contributed by atoms with Gasteiger partial charge >= 0.3 is 6.09 Å². The van der Waals surface area contributed by atoms with Crippen LogP contribution in [0.1, 0.15) is 26.5 Å². The van der Waals surface area contributed by atoms with E-state index in [1.165, 1.54) is 0 Å². The van der Waals surface area contributed by atoms with Gasteiger partial charge in [0.05, 0.1) is 18.3 Å². The molecular formula is C13H21ClN4O3. The van der Waals surface area contributed by atoms with E-state index < -0.39 is 17.7 Å². The first-order chi connectivity index (χ1) is 9.80. The third-order valence-corrected chi connectivity index (χ3v) is 2.53. The molecule has 0 aliphatic rings. The summed E-state index contributed by atoms with van der Waals surface area (Å²) in [5.41, 5.74) is 0.143. The van der Waals surface area contributed by atoms with Crippen molar-refractivity contribution in [2.75, 3.05) is 13.2 Å². The molecular weight excluding hydrogens is 296 g/mol. The molecule has 0 aromatic carbocycles. The molecule has 1 aromatic heterocycles. The Morgan fingerprint density at radius 2 is 2.14 bits per heavy atom. The summed E-state index contributed by atoms with van der Waals surface area (Å²) in [6, 6.07) is 2.95. The number of hydrogen-bond donors (Lipinski definition) is 3. The number of nitrogens with one attached hydrogen (secondary N) is 2. The molecule has 0 fully saturated rings. The average molecular weight is 317 g/mol. The number of halogens is 1. The molecule has 0 bridgehead atoms. The highest BCUT2D eigenvalue weighted by molar-refractivity contribution is 6.29. The van der Waals surface area contributed by atoms with E-state index in [0.29, 0.717) is 23.9 Å². The van der Waals surface area contributed by atoms with Crippen LogP contribution in [0, 0.1) is 0 Å². The fourth-order valence-corrected chi connectivity index (χ4v) is 1.55. The number of aromatic nitrogens is 2. The minimum atomic E-state index is -0.573. The van der Waals surface area contributed by atoms with Gasteiger partial charge in [-0.05, 0) is 32.9 Å². The molecule has 8 heteroatoms. The van der Waals surface area contributed by atoms with Crippen LogP contribution in [0.5, 0.6) is 0 Å². The van der Waals surface area contributed by atoms with Gasteiger partial charge in [0, 0.05) is 13.1 Å². The van der Waals surface area contributed by atoms with Gasteiger partial charge in [-0.15, -0.1) is 5.10 Å². The van der Waals surface area contributed by atoms with Gasteiger partial charge in [-0.2, -0.15) is 5.10 Å². The van der Waals surface area contributed by atoms with E-state index in [1.807, 2.05) is 0 Å². The molecule has 1 atom stereocenters. The first-order valence-electron chi connectivity index (χ1n) is 6.59. The van der Waals surface area contributed by atoms with E-state index in [-0.39, 0.29) is 6.61 Å². The maximum absolute atomic E-state index is 11.6. The van der Waals surface area contributed by atoms with Gasteiger partial charge in [0.25, 0.3) is 0 Å². The summed E-state index contributed by atoms with van der Waals surface area (Å²) in [5.74, 6) is 0. The van der Waals surface area contributed by atoms with E-state index in [1.54, 1.807) is 32.9 Å². The molecule has 0 saturated heterocycles. The SMILES string of the molecule is CC(C)(C)OC(=O)NC(CO)CNCc1ccc(Cl)nn1. The summed E-state index contributed by atoms with van der Waals surface area (Å²) < 4.78 is 5.12. The summed E-state index contributed by atoms with van der Waals surface area (Å²) in [7, 11) is 0. The molecule has 21 heavy (non-hydrogen) atoms. The molecule has 0 aliphatic heterocycles. The molecule has 0 saturated carbocycles. The van der Waals surface area contributed by atoms with E-state index in [0.717, 1.165) is 0 Å². The molecule has 3 N–H and O–H groups in total. The lowest BCUT2D eigenvalue weighted by Gasteiger charge is -2.22.